The van der Waals surface area contributed by atoms with E-state index in [1.165, 1.54) is 321 Å². The molecule has 0 aliphatic rings. The van der Waals surface area contributed by atoms with Gasteiger partial charge in [-0.1, -0.05) is 346 Å². The number of hydrogen-bond donors (Lipinski definition) is 3. The Labute approximate surface area is 481 Å². The number of unbranched alkanes of at least 4 members (excludes halogenated alkanes) is 53. The number of hydrogen-bond acceptors (Lipinski definition) is 5. The summed E-state index contributed by atoms with van der Waals surface area (Å²) in [6.07, 6.45) is 83.9. The Bertz CT molecular complexity index is 1200. The molecule has 0 aliphatic carbocycles. The van der Waals surface area contributed by atoms with Gasteiger partial charge in [-0.05, 0) is 57.8 Å². The van der Waals surface area contributed by atoms with E-state index in [9.17, 15) is 19.8 Å². The first-order valence-corrected chi connectivity index (χ1v) is 35.1. The molecule has 0 aromatic carbocycles. The van der Waals surface area contributed by atoms with Crippen molar-refractivity contribution in [2.24, 2.45) is 0 Å². The number of esters is 1. The third kappa shape index (κ3) is 63.4. The van der Waals surface area contributed by atoms with Crippen molar-refractivity contribution in [1.29, 1.82) is 0 Å². The SMILES string of the molecule is CCCCCCCC/C=C\CCCCCCCC(=O)OCCCCCCCCCCCCCCCCCCCCCCCCCCCC(=O)NC(CO)C(O)/C=C/CCCCCCCCCCCCCCCCCCCC. The Hall–Kier alpha value is -1.66. The molecule has 2 unspecified atom stereocenters. The second-order valence-electron chi connectivity index (χ2n) is 24.2. The predicted octanol–water partition coefficient (Wildman–Crippen LogP) is 22.5. The highest BCUT2D eigenvalue weighted by molar-refractivity contribution is 5.76. The maximum Gasteiger partial charge on any atom is 0.305 e. The van der Waals surface area contributed by atoms with E-state index in [1.807, 2.05) is 6.08 Å². The quantitative estimate of drug-likeness (QED) is 0.0320. The fourth-order valence-corrected chi connectivity index (χ4v) is 11.1. The van der Waals surface area contributed by atoms with E-state index in [-0.39, 0.29) is 18.5 Å². The Morgan fingerprint density at radius 2 is 0.610 bits per heavy atom. The van der Waals surface area contributed by atoms with E-state index in [0.29, 0.717) is 19.4 Å². The van der Waals surface area contributed by atoms with E-state index in [0.717, 1.165) is 44.9 Å². The van der Waals surface area contributed by atoms with Crippen LogP contribution >= 0.6 is 0 Å². The monoisotopic (exact) mass is 1080 g/mol. The molecule has 0 aliphatic heterocycles. The van der Waals surface area contributed by atoms with Crippen LogP contribution in [0.3, 0.4) is 0 Å². The van der Waals surface area contributed by atoms with Crippen LogP contribution in [0.25, 0.3) is 0 Å². The standard InChI is InChI=1S/C71H137NO5/c1-3-5-7-9-11-13-15-17-19-20-21-29-32-36-39-43-47-51-55-59-63-69(74)68(67-73)72-70(75)64-60-56-52-48-44-40-37-33-30-27-25-23-22-24-26-28-31-34-38-42-46-50-54-58-62-66-77-71(76)65-61-57-53-49-45-41-35-18-16-14-12-10-8-6-4-2/h18,35,59,63,68-69,73-74H,3-17,19-34,36-58,60-62,64-67H2,1-2H3,(H,72,75)/b35-18-,63-59+. The molecule has 0 aromatic rings. The number of carbonyl (C=O) groups excluding carboxylic acids is 2. The van der Waals surface area contributed by atoms with Gasteiger partial charge in [-0.25, -0.2) is 0 Å². The number of amides is 1. The first-order chi connectivity index (χ1) is 38.0. The number of aliphatic hydroxyl groups excluding tert-OH is 2. The topological polar surface area (TPSA) is 95.9 Å². The summed E-state index contributed by atoms with van der Waals surface area (Å²) >= 11 is 0. The van der Waals surface area contributed by atoms with Gasteiger partial charge in [0.1, 0.15) is 0 Å². The summed E-state index contributed by atoms with van der Waals surface area (Å²) < 4.78 is 5.49. The van der Waals surface area contributed by atoms with Crippen LogP contribution in [0.2, 0.25) is 0 Å². The molecule has 0 saturated heterocycles. The predicted molar refractivity (Wildman–Crippen MR) is 338 cm³/mol. The van der Waals surface area contributed by atoms with Crippen molar-refractivity contribution in [3.63, 3.8) is 0 Å². The highest BCUT2D eigenvalue weighted by Gasteiger charge is 2.18. The molecule has 0 radical (unpaired) electrons. The molecule has 6 heteroatoms. The van der Waals surface area contributed by atoms with Gasteiger partial charge in [0.2, 0.25) is 5.91 Å². The van der Waals surface area contributed by atoms with Gasteiger partial charge in [0.15, 0.2) is 0 Å². The van der Waals surface area contributed by atoms with Crippen LogP contribution in [-0.4, -0.2) is 47.4 Å². The number of ether oxygens (including phenoxy) is 1. The first-order valence-electron chi connectivity index (χ1n) is 35.1. The zero-order valence-electron chi connectivity index (χ0n) is 52.2. The van der Waals surface area contributed by atoms with E-state index in [4.69, 9.17) is 4.74 Å². The van der Waals surface area contributed by atoms with Crippen molar-refractivity contribution in [3.8, 4) is 0 Å². The number of allylic oxidation sites excluding steroid dienone is 3. The Morgan fingerprint density at radius 1 is 0.351 bits per heavy atom. The van der Waals surface area contributed by atoms with E-state index >= 15 is 0 Å². The van der Waals surface area contributed by atoms with Crippen molar-refractivity contribution < 1.29 is 24.5 Å². The van der Waals surface area contributed by atoms with Gasteiger partial charge < -0.3 is 20.3 Å². The molecule has 77 heavy (non-hydrogen) atoms. The van der Waals surface area contributed by atoms with Gasteiger partial charge >= 0.3 is 5.97 Å². The van der Waals surface area contributed by atoms with Gasteiger partial charge in [-0.15, -0.1) is 0 Å². The molecule has 3 N–H and O–H groups in total. The molecule has 0 aromatic heterocycles. The number of aliphatic hydroxyl groups is 2. The van der Waals surface area contributed by atoms with Gasteiger partial charge in [-0.3, -0.25) is 9.59 Å². The molecule has 0 heterocycles. The highest BCUT2D eigenvalue weighted by atomic mass is 16.5. The maximum absolute atomic E-state index is 12.5. The summed E-state index contributed by atoms with van der Waals surface area (Å²) in [7, 11) is 0. The van der Waals surface area contributed by atoms with Crippen molar-refractivity contribution in [1.82, 2.24) is 5.32 Å². The molecule has 1 amide bonds. The first kappa shape index (κ1) is 75.3. The summed E-state index contributed by atoms with van der Waals surface area (Å²) in [5, 5.41) is 23.2. The minimum atomic E-state index is -0.844. The van der Waals surface area contributed by atoms with Crippen molar-refractivity contribution in [2.75, 3.05) is 13.2 Å². The maximum atomic E-state index is 12.5. The second-order valence-corrected chi connectivity index (χ2v) is 24.2. The van der Waals surface area contributed by atoms with Crippen molar-refractivity contribution >= 4 is 11.9 Å². The van der Waals surface area contributed by atoms with E-state index < -0.39 is 12.1 Å². The van der Waals surface area contributed by atoms with Gasteiger partial charge in [0, 0.05) is 12.8 Å². The van der Waals surface area contributed by atoms with E-state index in [1.54, 1.807) is 6.08 Å². The lowest BCUT2D eigenvalue weighted by Gasteiger charge is -2.20. The molecule has 0 bridgehead atoms. The summed E-state index contributed by atoms with van der Waals surface area (Å²) in [5.41, 5.74) is 0. The summed E-state index contributed by atoms with van der Waals surface area (Å²) in [5.74, 6) is -0.0537. The smallest absolute Gasteiger partial charge is 0.305 e. The molecule has 2 atom stereocenters. The van der Waals surface area contributed by atoms with Crippen LogP contribution in [0.1, 0.15) is 393 Å². The minimum absolute atomic E-state index is 0.00878. The normalized spacial score (nSPS) is 12.6. The van der Waals surface area contributed by atoms with E-state index in [2.05, 4.69) is 31.3 Å². The Balaban J connectivity index is 3.38. The van der Waals surface area contributed by atoms with Crippen molar-refractivity contribution in [2.45, 2.75) is 405 Å². The molecular formula is C71H137NO5. The van der Waals surface area contributed by atoms with Crippen LogP contribution in [0.4, 0.5) is 0 Å². The van der Waals surface area contributed by atoms with Crippen LogP contribution in [0, 0.1) is 0 Å². The van der Waals surface area contributed by atoms with Gasteiger partial charge in [0.05, 0.1) is 25.4 Å². The minimum Gasteiger partial charge on any atom is -0.466 e. The molecule has 0 saturated carbocycles. The number of nitrogens with one attached hydrogen (secondary N) is 1. The lowest BCUT2D eigenvalue weighted by Crippen LogP contribution is -2.45. The third-order valence-corrected chi connectivity index (χ3v) is 16.5. The van der Waals surface area contributed by atoms with Gasteiger partial charge in [0.25, 0.3) is 0 Å². The highest BCUT2D eigenvalue weighted by Crippen LogP contribution is 2.19. The molecular weight excluding hydrogens is 947 g/mol. The number of rotatable bonds is 66. The van der Waals surface area contributed by atoms with Gasteiger partial charge in [-0.2, -0.15) is 0 Å². The average molecular weight is 1080 g/mol. The van der Waals surface area contributed by atoms with Crippen LogP contribution < -0.4 is 5.32 Å². The molecule has 0 fully saturated rings. The average Bonchev–Trinajstić information content (AvgIpc) is 3.43. The lowest BCUT2D eigenvalue weighted by atomic mass is 10.0. The Morgan fingerprint density at radius 3 is 0.922 bits per heavy atom. The molecule has 0 rings (SSSR count). The Kier molecular flexibility index (Phi) is 65.4. The molecule has 0 spiro atoms. The fourth-order valence-electron chi connectivity index (χ4n) is 11.1. The summed E-state index contributed by atoms with van der Waals surface area (Å²) in [4.78, 5) is 24.6. The molecule has 6 nitrogen and oxygen atoms in total. The van der Waals surface area contributed by atoms with Crippen LogP contribution in [0.5, 0.6) is 0 Å². The summed E-state index contributed by atoms with van der Waals surface area (Å²) in [6.45, 7) is 4.93. The number of carbonyl (C=O) groups is 2. The van der Waals surface area contributed by atoms with Crippen molar-refractivity contribution in [3.05, 3.63) is 24.3 Å². The zero-order chi connectivity index (χ0) is 55.7. The van der Waals surface area contributed by atoms with Crippen LogP contribution in [0.15, 0.2) is 24.3 Å². The second kappa shape index (κ2) is 66.8. The van der Waals surface area contributed by atoms with Crippen LogP contribution in [-0.2, 0) is 14.3 Å². The lowest BCUT2D eigenvalue weighted by molar-refractivity contribution is -0.143. The zero-order valence-corrected chi connectivity index (χ0v) is 52.2. The largest absolute Gasteiger partial charge is 0.466 e. The molecule has 456 valence electrons. The summed E-state index contributed by atoms with van der Waals surface area (Å²) in [6, 6.07) is -0.627. The third-order valence-electron chi connectivity index (χ3n) is 16.5. The fraction of sp³-hybridized carbons (Fsp3) is 0.915.